The van der Waals surface area contributed by atoms with Crippen molar-refractivity contribution >= 4 is 55.4 Å². The molecule has 1 fully saturated rings. The Morgan fingerprint density at radius 2 is 1.86 bits per heavy atom. The predicted octanol–water partition coefficient (Wildman–Crippen LogP) is 5.35. The molecule has 2 aromatic heterocycles. The second-order valence-corrected chi connectivity index (χ2v) is 13.5. The number of nitrogens with one attached hydrogen (secondary N) is 2. The van der Waals surface area contributed by atoms with Gasteiger partial charge in [0.25, 0.3) is 0 Å². The quantitative estimate of drug-likeness (QED) is 0.381. The van der Waals surface area contributed by atoms with Gasteiger partial charge in [0, 0.05) is 42.3 Å². The molecule has 0 radical (unpaired) electrons. The lowest BCUT2D eigenvalue weighted by Crippen LogP contribution is -2.31. The van der Waals surface area contributed by atoms with Gasteiger partial charge in [-0.2, -0.15) is 4.98 Å². The molecule has 10 heteroatoms. The number of nitrogens with zero attached hydrogens (tertiary/aromatic N) is 3. The lowest BCUT2D eigenvalue weighted by Gasteiger charge is -2.29. The Morgan fingerprint density at radius 1 is 1.14 bits per heavy atom. The molecule has 0 spiro atoms. The third kappa shape index (κ3) is 5.90. The first kappa shape index (κ1) is 26.1. The van der Waals surface area contributed by atoms with Gasteiger partial charge in [-0.05, 0) is 64.1 Å². The van der Waals surface area contributed by atoms with Crippen molar-refractivity contribution < 1.29 is 8.42 Å². The summed E-state index contributed by atoms with van der Waals surface area (Å²) in [6.07, 6.45) is 4.36. The molecule has 0 amide bonds. The van der Waals surface area contributed by atoms with E-state index in [0.29, 0.717) is 29.5 Å². The molecule has 3 aromatic rings. The molecule has 1 saturated carbocycles. The van der Waals surface area contributed by atoms with Crippen LogP contribution in [0.2, 0.25) is 5.02 Å². The van der Waals surface area contributed by atoms with Gasteiger partial charge >= 0.3 is 0 Å². The molecular weight excluding hydrogens is 502 g/mol. The average Bonchev–Trinajstić information content (AvgIpc) is 3.20. The van der Waals surface area contributed by atoms with Gasteiger partial charge in [-0.25, -0.2) is 13.4 Å². The Labute approximate surface area is 217 Å². The Morgan fingerprint density at radius 3 is 2.54 bits per heavy atom. The molecule has 4 rings (SSSR count). The maximum absolute atomic E-state index is 12.4. The van der Waals surface area contributed by atoms with Crippen molar-refractivity contribution in [2.45, 2.75) is 62.3 Å². The zero-order chi connectivity index (χ0) is 25.2. The molecule has 0 atom stereocenters. The summed E-state index contributed by atoms with van der Waals surface area (Å²) in [6, 6.07) is 8.46. The number of halogens is 1. The molecule has 0 bridgehead atoms. The van der Waals surface area contributed by atoms with Crippen molar-refractivity contribution in [3.8, 4) is 0 Å². The smallest absolute Gasteiger partial charge is 0.225 e. The number of hydrogen-bond donors (Lipinski definition) is 2. The molecular formula is C25H34ClN5O2S2. The van der Waals surface area contributed by atoms with E-state index >= 15 is 0 Å². The second-order valence-electron chi connectivity index (χ2n) is 9.71. The van der Waals surface area contributed by atoms with E-state index in [1.807, 2.05) is 37.2 Å². The standard InChI is InChI=1S/C25H34ClN5O2S2/c1-16(2)35(32,33)22-15-34-21(23(22)26)14-27-13-17-9-11-18(12-10-17)28-25-29-20-8-6-5-7-19(20)24(30-25)31(3)4/h5-8,15-18,27H,9-14H2,1-4H3,(H,28,29,30)/t17-,18+. The molecule has 0 saturated heterocycles. The summed E-state index contributed by atoms with van der Waals surface area (Å²) in [6.45, 7) is 4.84. The van der Waals surface area contributed by atoms with Crippen LogP contribution in [0.15, 0.2) is 34.5 Å². The van der Waals surface area contributed by atoms with Gasteiger partial charge < -0.3 is 15.5 Å². The van der Waals surface area contributed by atoms with Gasteiger partial charge in [-0.3, -0.25) is 0 Å². The van der Waals surface area contributed by atoms with Crippen LogP contribution < -0.4 is 15.5 Å². The Balaban J connectivity index is 1.28. The van der Waals surface area contributed by atoms with Crippen molar-refractivity contribution in [1.82, 2.24) is 15.3 Å². The number of fused-ring (bicyclic) bond motifs is 1. The fraction of sp³-hybridized carbons (Fsp3) is 0.520. The third-order valence-electron chi connectivity index (χ3n) is 6.60. The highest BCUT2D eigenvalue weighted by molar-refractivity contribution is 7.92. The van der Waals surface area contributed by atoms with E-state index in [-0.39, 0.29) is 4.90 Å². The highest BCUT2D eigenvalue weighted by Gasteiger charge is 2.26. The van der Waals surface area contributed by atoms with Crippen molar-refractivity contribution in [2.75, 3.05) is 30.9 Å². The number of hydrogen-bond acceptors (Lipinski definition) is 8. The predicted molar refractivity (Wildman–Crippen MR) is 147 cm³/mol. The van der Waals surface area contributed by atoms with Crippen molar-refractivity contribution in [3.05, 3.63) is 39.5 Å². The molecule has 0 aliphatic heterocycles. The summed E-state index contributed by atoms with van der Waals surface area (Å²) in [5.41, 5.74) is 0.947. The number of aromatic nitrogens is 2. The molecule has 2 heterocycles. The van der Waals surface area contributed by atoms with Gasteiger partial charge in [0.2, 0.25) is 5.95 Å². The maximum atomic E-state index is 12.4. The topological polar surface area (TPSA) is 87.2 Å². The molecule has 0 unspecified atom stereocenters. The molecule has 35 heavy (non-hydrogen) atoms. The monoisotopic (exact) mass is 535 g/mol. The van der Waals surface area contributed by atoms with Gasteiger partial charge in [-0.1, -0.05) is 23.7 Å². The number of anilines is 2. The van der Waals surface area contributed by atoms with E-state index in [1.54, 1.807) is 19.2 Å². The van der Waals surface area contributed by atoms with E-state index in [1.165, 1.54) is 11.3 Å². The van der Waals surface area contributed by atoms with Crippen LogP contribution in [-0.4, -0.2) is 50.3 Å². The number of thiophene rings is 1. The average molecular weight is 536 g/mol. The largest absolute Gasteiger partial charge is 0.362 e. The fourth-order valence-electron chi connectivity index (χ4n) is 4.48. The SMILES string of the molecule is CC(C)S(=O)(=O)c1csc(CNC[C@H]2CC[C@@H](Nc3nc(N(C)C)c4ccccc4n3)CC2)c1Cl. The Hall–Kier alpha value is -1.94. The molecule has 1 aliphatic rings. The molecule has 1 aromatic carbocycles. The summed E-state index contributed by atoms with van der Waals surface area (Å²) < 4.78 is 24.9. The molecule has 2 N–H and O–H groups in total. The van der Waals surface area contributed by atoms with Crippen LogP contribution in [-0.2, 0) is 16.4 Å². The Kier molecular flexibility index (Phi) is 8.20. The minimum Gasteiger partial charge on any atom is -0.362 e. The van der Waals surface area contributed by atoms with Crippen LogP contribution in [0.5, 0.6) is 0 Å². The lowest BCUT2D eigenvalue weighted by atomic mass is 9.86. The normalized spacial score (nSPS) is 18.8. The number of rotatable bonds is 9. The molecule has 190 valence electrons. The van der Waals surface area contributed by atoms with Gasteiger partial charge in [0.15, 0.2) is 9.84 Å². The summed E-state index contributed by atoms with van der Waals surface area (Å²) in [4.78, 5) is 12.7. The number of sulfone groups is 1. The van der Waals surface area contributed by atoms with Gasteiger partial charge in [-0.15, -0.1) is 11.3 Å². The third-order valence-corrected chi connectivity index (χ3v) is 10.6. The fourth-order valence-corrected chi connectivity index (χ4v) is 7.51. The number of benzene rings is 1. The summed E-state index contributed by atoms with van der Waals surface area (Å²) in [5.74, 6) is 2.20. The van der Waals surface area contributed by atoms with Crippen LogP contribution >= 0.6 is 22.9 Å². The summed E-state index contributed by atoms with van der Waals surface area (Å²) in [7, 11) is 0.655. The Bertz CT molecular complexity index is 1270. The summed E-state index contributed by atoms with van der Waals surface area (Å²) in [5, 5.41) is 9.67. The first-order valence-electron chi connectivity index (χ1n) is 12.1. The van der Waals surface area contributed by atoms with Crippen LogP contribution in [0.4, 0.5) is 11.8 Å². The van der Waals surface area contributed by atoms with Crippen LogP contribution in [0.25, 0.3) is 10.9 Å². The highest BCUT2D eigenvalue weighted by atomic mass is 35.5. The molecule has 1 aliphatic carbocycles. The zero-order valence-corrected chi connectivity index (χ0v) is 23.1. The van der Waals surface area contributed by atoms with E-state index in [9.17, 15) is 8.42 Å². The zero-order valence-electron chi connectivity index (χ0n) is 20.7. The minimum atomic E-state index is -3.35. The van der Waals surface area contributed by atoms with Crippen molar-refractivity contribution in [1.29, 1.82) is 0 Å². The van der Waals surface area contributed by atoms with Crippen molar-refractivity contribution in [2.24, 2.45) is 5.92 Å². The van der Waals surface area contributed by atoms with Crippen LogP contribution in [0.3, 0.4) is 0 Å². The minimum absolute atomic E-state index is 0.260. The van der Waals surface area contributed by atoms with E-state index in [0.717, 1.165) is 53.8 Å². The first-order valence-corrected chi connectivity index (χ1v) is 14.9. The second kappa shape index (κ2) is 11.0. The first-order chi connectivity index (χ1) is 16.7. The van der Waals surface area contributed by atoms with Gasteiger partial charge in [0.05, 0.1) is 20.7 Å². The van der Waals surface area contributed by atoms with Crippen molar-refractivity contribution in [3.63, 3.8) is 0 Å². The number of para-hydroxylation sites is 1. The van der Waals surface area contributed by atoms with E-state index in [2.05, 4.69) is 16.7 Å². The molecule has 7 nitrogen and oxygen atoms in total. The maximum Gasteiger partial charge on any atom is 0.225 e. The lowest BCUT2D eigenvalue weighted by molar-refractivity contribution is 0.324. The van der Waals surface area contributed by atoms with E-state index in [4.69, 9.17) is 21.6 Å². The van der Waals surface area contributed by atoms with Crippen LogP contribution in [0, 0.1) is 5.92 Å². The van der Waals surface area contributed by atoms with Gasteiger partial charge in [0.1, 0.15) is 5.82 Å². The van der Waals surface area contributed by atoms with Crippen LogP contribution in [0.1, 0.15) is 44.4 Å². The van der Waals surface area contributed by atoms with E-state index < -0.39 is 15.1 Å². The summed E-state index contributed by atoms with van der Waals surface area (Å²) >= 11 is 7.82. The highest BCUT2D eigenvalue weighted by Crippen LogP contribution is 2.34.